The molecule has 9 heteroatoms. The van der Waals surface area contributed by atoms with Gasteiger partial charge in [0.15, 0.2) is 11.9 Å². The summed E-state index contributed by atoms with van der Waals surface area (Å²) in [6.45, 7) is 0.541. The van der Waals surface area contributed by atoms with E-state index in [4.69, 9.17) is 15.3 Å². The van der Waals surface area contributed by atoms with Crippen molar-refractivity contribution in [2.24, 2.45) is 16.8 Å². The molecule has 142 valence electrons. The van der Waals surface area contributed by atoms with Crippen LogP contribution in [0.1, 0.15) is 11.4 Å². The summed E-state index contributed by atoms with van der Waals surface area (Å²) >= 11 is 0. The van der Waals surface area contributed by atoms with Crippen molar-refractivity contribution in [3.05, 3.63) is 65.5 Å². The molecule has 4 rings (SSSR count). The predicted molar refractivity (Wildman–Crippen MR) is 101 cm³/mol. The molecule has 2 aromatic rings. The second-order valence-electron chi connectivity index (χ2n) is 6.23. The molecule has 0 spiro atoms. The van der Waals surface area contributed by atoms with Crippen LogP contribution in [0.3, 0.4) is 0 Å². The van der Waals surface area contributed by atoms with Crippen molar-refractivity contribution in [3.63, 3.8) is 0 Å². The fraction of sp³-hybridized carbons (Fsp3) is 0.211. The van der Waals surface area contributed by atoms with Crippen LogP contribution in [0.5, 0.6) is 5.88 Å². The van der Waals surface area contributed by atoms with Crippen molar-refractivity contribution in [1.82, 2.24) is 15.2 Å². The average molecular weight is 378 g/mol. The Labute approximate surface area is 161 Å². The molecular formula is C19H18N6O3. The van der Waals surface area contributed by atoms with Crippen molar-refractivity contribution < 1.29 is 14.4 Å². The number of fused-ring (bicyclic) bond motifs is 1. The number of rotatable bonds is 6. The minimum Gasteiger partial charge on any atom is -0.477 e. The smallest absolute Gasteiger partial charge is 0.276 e. The van der Waals surface area contributed by atoms with E-state index in [0.717, 1.165) is 5.56 Å². The van der Waals surface area contributed by atoms with Crippen LogP contribution in [0.25, 0.3) is 0 Å². The summed E-state index contributed by atoms with van der Waals surface area (Å²) in [5.41, 5.74) is 7.34. The number of nitrogens with one attached hydrogen (secondary N) is 1. The van der Waals surface area contributed by atoms with Crippen molar-refractivity contribution in [2.45, 2.75) is 12.6 Å². The number of carbonyl (C=O) groups is 1. The second kappa shape index (κ2) is 7.47. The number of hydrogen-bond donors (Lipinski definition) is 2. The lowest BCUT2D eigenvalue weighted by atomic mass is 9.87. The molecule has 0 fully saturated rings. The normalized spacial score (nSPS) is 19.9. The van der Waals surface area contributed by atoms with Gasteiger partial charge in [0.25, 0.3) is 5.88 Å². The molecule has 0 saturated heterocycles. The van der Waals surface area contributed by atoms with E-state index in [2.05, 4.69) is 25.7 Å². The topological polar surface area (TPSA) is 125 Å². The van der Waals surface area contributed by atoms with Gasteiger partial charge in [0, 0.05) is 6.54 Å². The summed E-state index contributed by atoms with van der Waals surface area (Å²) in [5, 5.41) is 15.5. The van der Waals surface area contributed by atoms with Gasteiger partial charge in [-0.1, -0.05) is 47.6 Å². The SMILES string of the molecule is COc1nnc(C2=NOC3C(C(N)=O)=CC=CC23)nc1NCc1ccccc1. The molecule has 0 saturated carbocycles. The van der Waals surface area contributed by atoms with Crippen molar-refractivity contribution in [1.29, 1.82) is 0 Å². The molecule has 9 nitrogen and oxygen atoms in total. The van der Waals surface area contributed by atoms with E-state index in [1.807, 2.05) is 36.4 Å². The highest BCUT2D eigenvalue weighted by Crippen LogP contribution is 2.31. The fourth-order valence-electron chi connectivity index (χ4n) is 3.07. The molecule has 0 bridgehead atoms. The highest BCUT2D eigenvalue weighted by atomic mass is 16.6. The Kier molecular flexibility index (Phi) is 4.71. The monoisotopic (exact) mass is 378 g/mol. The van der Waals surface area contributed by atoms with E-state index in [-0.39, 0.29) is 11.8 Å². The molecule has 1 aliphatic heterocycles. The van der Waals surface area contributed by atoms with Crippen molar-refractivity contribution in [3.8, 4) is 5.88 Å². The average Bonchev–Trinajstić information content (AvgIpc) is 3.17. The number of hydrogen-bond acceptors (Lipinski definition) is 8. The fourth-order valence-corrected chi connectivity index (χ4v) is 3.07. The van der Waals surface area contributed by atoms with Gasteiger partial charge in [-0.05, 0) is 11.6 Å². The number of oxime groups is 1. The summed E-state index contributed by atoms with van der Waals surface area (Å²) in [7, 11) is 1.50. The van der Waals surface area contributed by atoms with Crippen LogP contribution in [0.4, 0.5) is 5.82 Å². The second-order valence-corrected chi connectivity index (χ2v) is 6.23. The Morgan fingerprint density at radius 2 is 2.11 bits per heavy atom. The Morgan fingerprint density at radius 1 is 1.29 bits per heavy atom. The lowest BCUT2D eigenvalue weighted by molar-refractivity contribution is -0.116. The summed E-state index contributed by atoms with van der Waals surface area (Å²) in [5.74, 6) is 0.138. The van der Waals surface area contributed by atoms with Crippen LogP contribution in [-0.4, -0.2) is 40.0 Å². The Bertz CT molecular complexity index is 986. The molecule has 1 aromatic heterocycles. The number of allylic oxidation sites excluding steroid dienone is 2. The maximum Gasteiger partial charge on any atom is 0.276 e. The predicted octanol–water partition coefficient (Wildman–Crippen LogP) is 1.19. The molecule has 28 heavy (non-hydrogen) atoms. The summed E-state index contributed by atoms with van der Waals surface area (Å²) in [6.07, 6.45) is 4.66. The lowest BCUT2D eigenvalue weighted by Gasteiger charge is -2.19. The quantitative estimate of drug-likeness (QED) is 0.773. The van der Waals surface area contributed by atoms with Gasteiger partial charge in [-0.25, -0.2) is 4.98 Å². The summed E-state index contributed by atoms with van der Waals surface area (Å²) < 4.78 is 5.25. The van der Waals surface area contributed by atoms with E-state index >= 15 is 0 Å². The van der Waals surface area contributed by atoms with Crippen molar-refractivity contribution in [2.75, 3.05) is 12.4 Å². The van der Waals surface area contributed by atoms with E-state index in [9.17, 15) is 4.79 Å². The molecule has 0 radical (unpaired) electrons. The first-order valence-corrected chi connectivity index (χ1v) is 8.66. The standard InChI is InChI=1S/C19H18N6O3/c1-27-19-18(21-10-11-6-3-2-4-7-11)22-17(23-24-19)14-12-8-5-9-13(16(20)26)15(12)28-25-14/h2-9,12,15H,10H2,1H3,(H2,20,26)(H,21,22,23). The van der Waals surface area contributed by atoms with Gasteiger partial charge in [-0.2, -0.15) is 0 Å². The minimum atomic E-state index is -0.580. The third-order valence-corrected chi connectivity index (χ3v) is 4.47. The molecule has 2 heterocycles. The molecule has 2 atom stereocenters. The number of methoxy groups -OCH3 is 1. The first-order chi connectivity index (χ1) is 13.7. The van der Waals surface area contributed by atoms with E-state index in [1.54, 1.807) is 12.2 Å². The Balaban J connectivity index is 1.58. The third kappa shape index (κ3) is 3.29. The highest BCUT2D eigenvalue weighted by molar-refractivity contribution is 6.04. The summed E-state index contributed by atoms with van der Waals surface area (Å²) in [6, 6.07) is 9.87. The number of nitrogens with two attached hydrogens (primary N) is 1. The number of ether oxygens (including phenoxy) is 1. The van der Waals surface area contributed by atoms with Crippen LogP contribution in [0.15, 0.2) is 59.3 Å². The molecule has 1 amide bonds. The number of anilines is 1. The number of amides is 1. The maximum absolute atomic E-state index is 11.6. The zero-order valence-corrected chi connectivity index (χ0v) is 15.1. The molecular weight excluding hydrogens is 360 g/mol. The molecule has 2 aliphatic rings. The minimum absolute atomic E-state index is 0.271. The van der Waals surface area contributed by atoms with Gasteiger partial charge in [-0.3, -0.25) is 4.79 Å². The van der Waals surface area contributed by atoms with Crippen LogP contribution in [0.2, 0.25) is 0 Å². The van der Waals surface area contributed by atoms with E-state index in [1.165, 1.54) is 7.11 Å². The van der Waals surface area contributed by atoms with Crippen LogP contribution in [0, 0.1) is 5.92 Å². The first kappa shape index (κ1) is 17.7. The third-order valence-electron chi connectivity index (χ3n) is 4.47. The number of primary amides is 1. The van der Waals surface area contributed by atoms with E-state index < -0.39 is 12.0 Å². The number of carbonyl (C=O) groups excluding carboxylic acids is 1. The number of aromatic nitrogens is 3. The zero-order valence-electron chi connectivity index (χ0n) is 15.1. The molecule has 1 aliphatic carbocycles. The van der Waals surface area contributed by atoms with E-state index in [0.29, 0.717) is 29.5 Å². The van der Waals surface area contributed by atoms with Crippen LogP contribution < -0.4 is 15.8 Å². The van der Waals surface area contributed by atoms with Gasteiger partial charge in [0.1, 0.15) is 5.71 Å². The zero-order chi connectivity index (χ0) is 19.5. The first-order valence-electron chi connectivity index (χ1n) is 8.66. The highest BCUT2D eigenvalue weighted by Gasteiger charge is 2.40. The van der Waals surface area contributed by atoms with Gasteiger partial charge in [0.2, 0.25) is 11.7 Å². The Morgan fingerprint density at radius 3 is 2.86 bits per heavy atom. The van der Waals surface area contributed by atoms with Gasteiger partial charge in [-0.15, -0.1) is 10.2 Å². The Hall–Kier alpha value is -3.75. The van der Waals surface area contributed by atoms with Crippen LogP contribution in [-0.2, 0) is 16.2 Å². The lowest BCUT2D eigenvalue weighted by Crippen LogP contribution is -2.33. The number of nitrogens with zero attached hydrogens (tertiary/aromatic N) is 4. The summed E-state index contributed by atoms with van der Waals surface area (Å²) in [4.78, 5) is 21.6. The molecule has 3 N–H and O–H groups in total. The largest absolute Gasteiger partial charge is 0.477 e. The van der Waals surface area contributed by atoms with Gasteiger partial charge >= 0.3 is 0 Å². The maximum atomic E-state index is 11.6. The van der Waals surface area contributed by atoms with Crippen LogP contribution >= 0.6 is 0 Å². The molecule has 2 unspecified atom stereocenters. The van der Waals surface area contributed by atoms with Crippen molar-refractivity contribution >= 4 is 17.4 Å². The molecule has 1 aromatic carbocycles. The number of benzene rings is 1. The van der Waals surface area contributed by atoms with Gasteiger partial charge in [0.05, 0.1) is 18.6 Å². The van der Waals surface area contributed by atoms with Gasteiger partial charge < -0.3 is 20.6 Å².